The Hall–Kier alpha value is -4.19. The molecule has 384 valence electrons. The van der Waals surface area contributed by atoms with Crippen LogP contribution in [0.1, 0.15) is 233 Å². The number of hydrogen-bond donors (Lipinski definition) is 0. The van der Waals surface area contributed by atoms with Gasteiger partial charge in [-0.25, -0.2) is 0 Å². The number of carbonyl (C=O) groups is 3. The van der Waals surface area contributed by atoms with Crippen LogP contribution in [0.3, 0.4) is 0 Å². The average molecular weight is 941 g/mol. The number of allylic oxidation sites excluding steroid dienone is 20. The molecule has 0 aliphatic rings. The third-order valence-corrected chi connectivity index (χ3v) is 11.4. The molecule has 0 spiro atoms. The summed E-state index contributed by atoms with van der Waals surface area (Å²) >= 11 is 0. The summed E-state index contributed by atoms with van der Waals surface area (Å²) in [7, 11) is 0. The first kappa shape index (κ1) is 63.8. The van der Waals surface area contributed by atoms with Crippen LogP contribution < -0.4 is 0 Å². The molecule has 6 nitrogen and oxygen atoms in total. The van der Waals surface area contributed by atoms with Gasteiger partial charge in [0.05, 0.1) is 0 Å². The van der Waals surface area contributed by atoms with Crippen molar-refractivity contribution < 1.29 is 28.6 Å². The first-order chi connectivity index (χ1) is 33.5. The molecule has 0 fully saturated rings. The molecule has 0 aromatic rings. The van der Waals surface area contributed by atoms with E-state index in [0.717, 1.165) is 77.0 Å². The Bertz CT molecular complexity index is 1450. The van der Waals surface area contributed by atoms with E-state index in [1.54, 1.807) is 0 Å². The van der Waals surface area contributed by atoms with Crippen molar-refractivity contribution >= 4 is 17.9 Å². The van der Waals surface area contributed by atoms with Gasteiger partial charge in [-0.05, 0) is 83.5 Å². The quantitative estimate of drug-likeness (QED) is 0.0199. The Morgan fingerprint density at radius 1 is 0.324 bits per heavy atom. The number of hydrogen-bond acceptors (Lipinski definition) is 6. The molecule has 0 aliphatic heterocycles. The van der Waals surface area contributed by atoms with Crippen LogP contribution in [0.5, 0.6) is 0 Å². The van der Waals surface area contributed by atoms with Crippen molar-refractivity contribution in [3.05, 3.63) is 122 Å². The average Bonchev–Trinajstić information content (AvgIpc) is 3.34. The van der Waals surface area contributed by atoms with Crippen LogP contribution in [0.4, 0.5) is 0 Å². The molecular formula is C62H100O6. The van der Waals surface area contributed by atoms with Gasteiger partial charge < -0.3 is 14.2 Å². The molecule has 0 amide bonds. The van der Waals surface area contributed by atoms with Gasteiger partial charge in [-0.2, -0.15) is 0 Å². The molecule has 6 heteroatoms. The van der Waals surface area contributed by atoms with Crippen molar-refractivity contribution in [2.24, 2.45) is 0 Å². The van der Waals surface area contributed by atoms with E-state index in [1.165, 1.54) is 109 Å². The first-order valence-electron chi connectivity index (χ1n) is 27.6. The van der Waals surface area contributed by atoms with Crippen LogP contribution in [0.25, 0.3) is 0 Å². The van der Waals surface area contributed by atoms with Gasteiger partial charge >= 0.3 is 17.9 Å². The second-order valence-electron chi connectivity index (χ2n) is 17.9. The van der Waals surface area contributed by atoms with Crippen LogP contribution in [0, 0.1) is 0 Å². The number of esters is 3. The highest BCUT2D eigenvalue weighted by Crippen LogP contribution is 2.14. The Balaban J connectivity index is 4.56. The summed E-state index contributed by atoms with van der Waals surface area (Å²) < 4.78 is 16.7. The summed E-state index contributed by atoms with van der Waals surface area (Å²) in [5.74, 6) is -1.05. The van der Waals surface area contributed by atoms with Crippen LogP contribution >= 0.6 is 0 Å². The molecule has 0 bridgehead atoms. The highest BCUT2D eigenvalue weighted by atomic mass is 16.6. The minimum Gasteiger partial charge on any atom is -0.462 e. The third kappa shape index (κ3) is 52.8. The van der Waals surface area contributed by atoms with Gasteiger partial charge in [0, 0.05) is 19.3 Å². The zero-order valence-electron chi connectivity index (χ0n) is 43.8. The Morgan fingerprint density at radius 3 is 1.13 bits per heavy atom. The lowest BCUT2D eigenvalue weighted by atomic mass is 10.1. The Kier molecular flexibility index (Phi) is 52.0. The fourth-order valence-electron chi connectivity index (χ4n) is 7.24. The Morgan fingerprint density at radius 2 is 0.662 bits per heavy atom. The van der Waals surface area contributed by atoms with E-state index < -0.39 is 6.10 Å². The highest BCUT2D eigenvalue weighted by Gasteiger charge is 2.19. The van der Waals surface area contributed by atoms with Crippen molar-refractivity contribution in [3.8, 4) is 0 Å². The fourth-order valence-corrected chi connectivity index (χ4v) is 7.24. The van der Waals surface area contributed by atoms with Crippen molar-refractivity contribution in [2.45, 2.75) is 239 Å². The molecular weight excluding hydrogens is 841 g/mol. The van der Waals surface area contributed by atoms with E-state index in [9.17, 15) is 14.4 Å². The van der Waals surface area contributed by atoms with Gasteiger partial charge in [0.25, 0.3) is 0 Å². The molecule has 0 heterocycles. The largest absolute Gasteiger partial charge is 0.462 e. The van der Waals surface area contributed by atoms with Crippen molar-refractivity contribution in [2.75, 3.05) is 13.2 Å². The van der Waals surface area contributed by atoms with Crippen molar-refractivity contribution in [1.29, 1.82) is 0 Å². The molecule has 68 heavy (non-hydrogen) atoms. The van der Waals surface area contributed by atoms with Gasteiger partial charge in [0.2, 0.25) is 0 Å². The van der Waals surface area contributed by atoms with Crippen LogP contribution in [-0.2, 0) is 28.6 Å². The second kappa shape index (κ2) is 55.4. The zero-order valence-corrected chi connectivity index (χ0v) is 43.8. The highest BCUT2D eigenvalue weighted by molar-refractivity contribution is 5.71. The predicted molar refractivity (Wildman–Crippen MR) is 293 cm³/mol. The summed E-state index contributed by atoms with van der Waals surface area (Å²) in [6, 6.07) is 0. The number of carbonyl (C=O) groups excluding carboxylic acids is 3. The lowest BCUT2D eigenvalue weighted by Crippen LogP contribution is -2.30. The molecule has 1 unspecified atom stereocenters. The van der Waals surface area contributed by atoms with Crippen molar-refractivity contribution in [3.63, 3.8) is 0 Å². The number of unbranched alkanes of at least 4 members (excludes halogenated alkanes) is 23. The zero-order chi connectivity index (χ0) is 49.3. The van der Waals surface area contributed by atoms with Gasteiger partial charge in [-0.1, -0.05) is 251 Å². The maximum absolute atomic E-state index is 12.8. The van der Waals surface area contributed by atoms with E-state index in [-0.39, 0.29) is 37.5 Å². The molecule has 0 aromatic carbocycles. The molecule has 0 N–H and O–H groups in total. The van der Waals surface area contributed by atoms with E-state index in [0.29, 0.717) is 19.3 Å². The third-order valence-electron chi connectivity index (χ3n) is 11.4. The molecule has 0 saturated heterocycles. The van der Waals surface area contributed by atoms with Gasteiger partial charge in [-0.3, -0.25) is 14.4 Å². The Labute approximate surface area is 418 Å². The van der Waals surface area contributed by atoms with Gasteiger partial charge in [0.15, 0.2) is 6.10 Å². The molecule has 1 atom stereocenters. The summed E-state index contributed by atoms with van der Waals surface area (Å²) in [5.41, 5.74) is 0. The van der Waals surface area contributed by atoms with Gasteiger partial charge in [-0.15, -0.1) is 0 Å². The van der Waals surface area contributed by atoms with E-state index in [2.05, 4.69) is 63.3 Å². The van der Waals surface area contributed by atoms with Crippen LogP contribution in [0.15, 0.2) is 122 Å². The first-order valence-corrected chi connectivity index (χ1v) is 27.6. The predicted octanol–water partition coefficient (Wildman–Crippen LogP) is 18.5. The lowest BCUT2D eigenvalue weighted by Gasteiger charge is -2.18. The maximum Gasteiger partial charge on any atom is 0.306 e. The topological polar surface area (TPSA) is 78.9 Å². The minimum atomic E-state index is -0.827. The van der Waals surface area contributed by atoms with E-state index in [4.69, 9.17) is 14.2 Å². The summed E-state index contributed by atoms with van der Waals surface area (Å²) in [6.07, 6.45) is 76.2. The maximum atomic E-state index is 12.8. The summed E-state index contributed by atoms with van der Waals surface area (Å²) in [4.78, 5) is 38.0. The number of ether oxygens (including phenoxy) is 3. The SMILES string of the molecule is CC\C=C/C=C\C=C/C=C\C=C\C=C/C=C\CCCCCC(=O)OCC(COC(=O)CC/C=C\C/C=C\CCCCCCCC)OC(=O)CCCCCCC/C=C\CCCCCCCCCCC. The fraction of sp³-hybridized carbons (Fsp3) is 0.629. The monoisotopic (exact) mass is 941 g/mol. The van der Waals surface area contributed by atoms with Gasteiger partial charge in [0.1, 0.15) is 13.2 Å². The molecule has 0 rings (SSSR count). The number of rotatable bonds is 48. The summed E-state index contributed by atoms with van der Waals surface area (Å²) in [6.45, 7) is 6.38. The van der Waals surface area contributed by atoms with Crippen LogP contribution in [-0.4, -0.2) is 37.2 Å². The standard InChI is InChI=1S/C62H100O6/c1-4-7-10-13-16-19-22-25-27-29-31-33-34-37-40-43-46-49-52-55-61(64)67-58-59(57-66-60(63)54-51-48-45-42-39-36-24-21-18-15-12-9-6-3)68-62(65)56-53-50-47-44-41-38-35-32-30-28-26-23-20-17-14-11-8-5-2/h7,10,13,16,19,22,25,27,29,31-37,39-40,45,48,59H,4-6,8-9,11-12,14-15,17-18,20-21,23-24,26,28,30,38,41-44,46-47,49-58H2,1-3H3/b10-7-,16-13-,22-19-,27-25-,31-29+,34-33-,35-32-,39-36-,40-37-,48-45-. The van der Waals surface area contributed by atoms with E-state index in [1.807, 2.05) is 79.0 Å². The van der Waals surface area contributed by atoms with E-state index >= 15 is 0 Å². The smallest absolute Gasteiger partial charge is 0.306 e. The molecule has 0 aliphatic carbocycles. The normalized spacial score (nSPS) is 13.0. The molecule has 0 aromatic heterocycles. The molecule has 0 radical (unpaired) electrons. The lowest BCUT2D eigenvalue weighted by molar-refractivity contribution is -0.166. The van der Waals surface area contributed by atoms with Crippen LogP contribution in [0.2, 0.25) is 0 Å². The second-order valence-corrected chi connectivity index (χ2v) is 17.9. The minimum absolute atomic E-state index is 0.125. The summed E-state index contributed by atoms with van der Waals surface area (Å²) in [5, 5.41) is 0. The molecule has 0 saturated carbocycles. The van der Waals surface area contributed by atoms with Crippen molar-refractivity contribution in [1.82, 2.24) is 0 Å².